The van der Waals surface area contributed by atoms with Gasteiger partial charge in [0.05, 0.1) is 13.7 Å². The normalized spacial score (nSPS) is 13.6. The number of methoxy groups -OCH3 is 1. The summed E-state index contributed by atoms with van der Waals surface area (Å²) in [4.78, 5) is 27.2. The van der Waals surface area contributed by atoms with E-state index in [0.29, 0.717) is 29.5 Å². The smallest absolute Gasteiger partial charge is 0.262 e. The minimum Gasteiger partial charge on any atom is -0.493 e. The van der Waals surface area contributed by atoms with Crippen LogP contribution in [0, 0.1) is 19.7 Å². The van der Waals surface area contributed by atoms with Crippen LogP contribution in [0.25, 0.3) is 0 Å². The number of rotatable bonds is 14. The van der Waals surface area contributed by atoms with E-state index in [0.717, 1.165) is 68.7 Å². The van der Waals surface area contributed by atoms with Crippen LogP contribution in [0.1, 0.15) is 46.8 Å². The Balaban J connectivity index is 1.33. The van der Waals surface area contributed by atoms with Gasteiger partial charge in [0.2, 0.25) is 11.8 Å². The van der Waals surface area contributed by atoms with Crippen molar-refractivity contribution in [2.24, 2.45) is 0 Å². The fraction of sp³-hybridized carbons (Fsp3) is 0.378. The topological polar surface area (TPSA) is 101 Å². The zero-order chi connectivity index (χ0) is 34.0. The van der Waals surface area contributed by atoms with Crippen LogP contribution in [0.3, 0.4) is 0 Å². The number of carbonyl (C=O) groups is 1. The van der Waals surface area contributed by atoms with E-state index < -0.39 is 11.7 Å². The Labute approximate surface area is 282 Å². The first kappa shape index (κ1) is 34.6. The summed E-state index contributed by atoms with van der Waals surface area (Å²) >= 11 is 0. The molecule has 0 radical (unpaired) electrons. The first-order chi connectivity index (χ1) is 23.2. The van der Waals surface area contributed by atoms with Gasteiger partial charge in [-0.05, 0) is 74.7 Å². The van der Waals surface area contributed by atoms with E-state index in [1.165, 1.54) is 12.3 Å². The zero-order valence-corrected chi connectivity index (χ0v) is 28.4. The second-order valence-electron chi connectivity index (χ2n) is 12.1. The van der Waals surface area contributed by atoms with E-state index in [9.17, 15) is 4.79 Å². The summed E-state index contributed by atoms with van der Waals surface area (Å²) in [6.07, 6.45) is 4.07. The molecule has 5 rings (SSSR count). The average Bonchev–Trinajstić information content (AvgIpc) is 3.07. The number of nitrogens with one attached hydrogen (secondary N) is 2. The van der Waals surface area contributed by atoms with E-state index >= 15 is 4.39 Å². The highest BCUT2D eigenvalue weighted by molar-refractivity contribution is 6.06. The lowest BCUT2D eigenvalue weighted by Gasteiger charge is -2.32. The lowest BCUT2D eigenvalue weighted by Crippen LogP contribution is -2.44. The van der Waals surface area contributed by atoms with E-state index in [1.54, 1.807) is 25.3 Å². The SMILES string of the molecule is CCCc1ccc(Oc2nc(Nc3ccc(OCCCN4CCN(C)CC4)c(F)c3)ncc2C(=O)Nc2c(C)cccc2C)c(OC)c1. The first-order valence-electron chi connectivity index (χ1n) is 16.4. The van der Waals surface area contributed by atoms with Crippen molar-refractivity contribution in [2.45, 2.75) is 40.0 Å². The summed E-state index contributed by atoms with van der Waals surface area (Å²) in [7, 11) is 3.70. The first-order valence-corrected chi connectivity index (χ1v) is 16.4. The highest BCUT2D eigenvalue weighted by Gasteiger charge is 2.21. The van der Waals surface area contributed by atoms with E-state index in [2.05, 4.69) is 44.4 Å². The van der Waals surface area contributed by atoms with Crippen LogP contribution in [-0.2, 0) is 6.42 Å². The quantitative estimate of drug-likeness (QED) is 0.139. The average molecular weight is 657 g/mol. The Hall–Kier alpha value is -4.74. The van der Waals surface area contributed by atoms with Gasteiger partial charge in [-0.3, -0.25) is 4.79 Å². The van der Waals surface area contributed by atoms with Gasteiger partial charge in [-0.25, -0.2) is 9.37 Å². The van der Waals surface area contributed by atoms with Crippen molar-refractivity contribution in [3.63, 3.8) is 0 Å². The van der Waals surface area contributed by atoms with Crippen molar-refractivity contribution >= 4 is 23.2 Å². The summed E-state index contributed by atoms with van der Waals surface area (Å²) in [5, 5.41) is 6.01. The van der Waals surface area contributed by atoms with Gasteiger partial charge in [-0.2, -0.15) is 4.98 Å². The predicted octanol–water partition coefficient (Wildman–Crippen LogP) is 7.00. The highest BCUT2D eigenvalue weighted by atomic mass is 19.1. The highest BCUT2D eigenvalue weighted by Crippen LogP contribution is 2.34. The molecule has 0 unspecified atom stereocenters. The van der Waals surface area contributed by atoms with Gasteiger partial charge in [0.1, 0.15) is 5.56 Å². The molecule has 0 saturated carbocycles. The van der Waals surface area contributed by atoms with Crippen LogP contribution in [0.15, 0.2) is 60.8 Å². The number of para-hydroxylation sites is 1. The number of hydrogen-bond donors (Lipinski definition) is 2. The third kappa shape index (κ3) is 8.99. The molecule has 2 N–H and O–H groups in total. The molecule has 0 aliphatic carbocycles. The zero-order valence-electron chi connectivity index (χ0n) is 28.4. The molecule has 1 fully saturated rings. The minimum atomic E-state index is -0.502. The van der Waals surface area contributed by atoms with Gasteiger partial charge in [-0.1, -0.05) is 37.6 Å². The number of likely N-dealkylation sites (N-methyl/N-ethyl adjacent to an activating group) is 1. The maximum absolute atomic E-state index is 15.0. The summed E-state index contributed by atoms with van der Waals surface area (Å²) < 4.78 is 32.6. The summed E-state index contributed by atoms with van der Waals surface area (Å²) in [6.45, 7) is 11.5. The van der Waals surface area contributed by atoms with Crippen molar-refractivity contribution in [1.29, 1.82) is 0 Å². The van der Waals surface area contributed by atoms with Crippen molar-refractivity contribution in [3.8, 4) is 23.1 Å². The molecule has 0 bridgehead atoms. The Bertz CT molecular complexity index is 1690. The van der Waals surface area contributed by atoms with Gasteiger partial charge in [0, 0.05) is 56.4 Å². The maximum atomic E-state index is 15.0. The van der Waals surface area contributed by atoms with Crippen molar-refractivity contribution in [3.05, 3.63) is 88.9 Å². The van der Waals surface area contributed by atoms with Crippen LogP contribution >= 0.6 is 0 Å². The summed E-state index contributed by atoms with van der Waals surface area (Å²) in [5.41, 5.74) is 4.18. The molecule has 2 heterocycles. The Morgan fingerprint density at radius 1 is 0.979 bits per heavy atom. The molecule has 0 spiro atoms. The number of piperazine rings is 1. The van der Waals surface area contributed by atoms with Crippen molar-refractivity contribution < 1.29 is 23.4 Å². The summed E-state index contributed by atoms with van der Waals surface area (Å²) in [6, 6.07) is 16.1. The standard InChI is InChI=1S/C37H45FN6O4/c1-6-9-27-12-14-32(33(22-27)46-5)48-36-29(35(45)41-34-25(2)10-7-11-26(34)3)24-39-37(42-36)40-28-13-15-31(30(38)23-28)47-21-8-16-44-19-17-43(4)18-20-44/h7,10-15,22-24H,6,8-9,16-21H2,1-5H3,(H,41,45)(H,39,40,42). The molecule has 11 heteroatoms. The van der Waals surface area contributed by atoms with E-state index in [4.69, 9.17) is 14.2 Å². The molecular weight excluding hydrogens is 611 g/mol. The number of carbonyl (C=O) groups excluding carboxylic acids is 1. The fourth-order valence-electron chi connectivity index (χ4n) is 5.56. The molecule has 1 aliphatic rings. The third-order valence-electron chi connectivity index (χ3n) is 8.35. The Morgan fingerprint density at radius 2 is 1.73 bits per heavy atom. The molecule has 1 aromatic heterocycles. The molecular formula is C37H45FN6O4. The lowest BCUT2D eigenvalue weighted by atomic mass is 10.1. The van der Waals surface area contributed by atoms with Gasteiger partial charge in [0.25, 0.3) is 5.91 Å². The fourth-order valence-corrected chi connectivity index (χ4v) is 5.56. The second kappa shape index (κ2) is 16.4. The van der Waals surface area contributed by atoms with Crippen LogP contribution in [0.2, 0.25) is 0 Å². The number of amides is 1. The van der Waals surface area contributed by atoms with Crippen LogP contribution < -0.4 is 24.8 Å². The van der Waals surface area contributed by atoms with Gasteiger partial charge in [-0.15, -0.1) is 0 Å². The summed E-state index contributed by atoms with van der Waals surface area (Å²) in [5.74, 6) is 0.280. The van der Waals surface area contributed by atoms with E-state index in [1.807, 2.05) is 44.2 Å². The Morgan fingerprint density at radius 3 is 2.44 bits per heavy atom. The van der Waals surface area contributed by atoms with E-state index in [-0.39, 0.29) is 23.1 Å². The molecule has 254 valence electrons. The molecule has 1 amide bonds. The number of aryl methyl sites for hydroxylation is 3. The number of hydrogen-bond acceptors (Lipinski definition) is 9. The predicted molar refractivity (Wildman–Crippen MR) is 187 cm³/mol. The van der Waals surface area contributed by atoms with Gasteiger partial charge < -0.3 is 34.6 Å². The van der Waals surface area contributed by atoms with Crippen molar-refractivity contribution in [2.75, 3.05) is 64.1 Å². The number of ether oxygens (including phenoxy) is 3. The lowest BCUT2D eigenvalue weighted by molar-refractivity contribution is 0.102. The Kier molecular flexibility index (Phi) is 11.8. The number of nitrogens with zero attached hydrogens (tertiary/aromatic N) is 4. The van der Waals surface area contributed by atoms with Crippen LogP contribution in [0.4, 0.5) is 21.7 Å². The van der Waals surface area contributed by atoms with Crippen LogP contribution in [-0.4, -0.2) is 79.2 Å². The molecule has 3 aromatic carbocycles. The molecule has 0 atom stereocenters. The largest absolute Gasteiger partial charge is 0.493 e. The molecule has 4 aromatic rings. The monoisotopic (exact) mass is 656 g/mol. The number of halogens is 1. The second-order valence-corrected chi connectivity index (χ2v) is 12.1. The molecule has 1 aliphatic heterocycles. The van der Waals surface area contributed by atoms with Gasteiger partial charge >= 0.3 is 0 Å². The number of aromatic nitrogens is 2. The van der Waals surface area contributed by atoms with Crippen molar-refractivity contribution in [1.82, 2.24) is 19.8 Å². The number of benzene rings is 3. The van der Waals surface area contributed by atoms with Crippen LogP contribution in [0.5, 0.6) is 23.1 Å². The molecule has 1 saturated heterocycles. The van der Waals surface area contributed by atoms with Gasteiger partial charge in [0.15, 0.2) is 23.1 Å². The molecule has 10 nitrogen and oxygen atoms in total. The minimum absolute atomic E-state index is 0.0126. The molecule has 48 heavy (non-hydrogen) atoms. The number of anilines is 3. The maximum Gasteiger partial charge on any atom is 0.262 e. The third-order valence-corrected chi connectivity index (χ3v) is 8.35.